The van der Waals surface area contributed by atoms with Crippen molar-refractivity contribution in [3.05, 3.63) is 71.8 Å². The molecule has 0 aromatic heterocycles. The van der Waals surface area contributed by atoms with Gasteiger partial charge >= 0.3 is 0 Å². The summed E-state index contributed by atoms with van der Waals surface area (Å²) in [6.07, 6.45) is 0. The molecule has 0 atom stereocenters. The minimum absolute atomic E-state index is 0.501. The Labute approximate surface area is 146 Å². The van der Waals surface area contributed by atoms with Gasteiger partial charge in [-0.25, -0.2) is 0 Å². The zero-order chi connectivity index (χ0) is 17.6. The number of hydrogen-bond donors (Lipinski definition) is 2. The van der Waals surface area contributed by atoms with E-state index >= 15 is 0 Å². The summed E-state index contributed by atoms with van der Waals surface area (Å²) < 4.78 is 0. The van der Waals surface area contributed by atoms with Gasteiger partial charge in [-0.2, -0.15) is 0 Å². The molecular weight excluding hydrogens is 294 g/mol. The van der Waals surface area contributed by atoms with E-state index in [9.17, 15) is 5.11 Å². The molecule has 0 aliphatic heterocycles. The first-order valence-electron chi connectivity index (χ1n) is 8.64. The zero-order valence-electron chi connectivity index (χ0n) is 15.1. The Morgan fingerprint density at radius 2 is 1.25 bits per heavy atom. The molecule has 2 nitrogen and oxygen atoms in total. The van der Waals surface area contributed by atoms with Crippen LogP contribution in [0.5, 0.6) is 0 Å². The summed E-state index contributed by atoms with van der Waals surface area (Å²) in [5.41, 5.74) is 0.334. The molecule has 2 N–H and O–H groups in total. The van der Waals surface area contributed by atoms with Crippen molar-refractivity contribution in [2.24, 2.45) is 0 Å². The van der Waals surface area contributed by atoms with Gasteiger partial charge in [0, 0.05) is 11.1 Å². The number of aliphatic hydroxyl groups is 1. The maximum atomic E-state index is 11.4. The first-order chi connectivity index (χ1) is 11.4. The summed E-state index contributed by atoms with van der Waals surface area (Å²) in [5, 5.41) is 11.4. The van der Waals surface area contributed by atoms with E-state index in [1.54, 1.807) is 0 Å². The van der Waals surface area contributed by atoms with E-state index in [0.29, 0.717) is 12.1 Å². The highest BCUT2D eigenvalue weighted by atomic mass is 16.3. The number of rotatable bonds is 5. The Bertz CT molecular complexity index is 633. The topological polar surface area (TPSA) is 24.7 Å². The normalized spacial score (nSPS) is 11.7. The van der Waals surface area contributed by atoms with E-state index in [1.807, 2.05) is 60.7 Å². The lowest BCUT2D eigenvalue weighted by Crippen LogP contribution is -3.17. The van der Waals surface area contributed by atoms with Crippen molar-refractivity contribution >= 4 is 0 Å². The molecule has 2 aromatic carbocycles. The summed E-state index contributed by atoms with van der Waals surface area (Å²) >= 11 is 0. The molecule has 0 saturated heterocycles. The number of nitrogens with one attached hydrogen (secondary N) is 1. The lowest BCUT2D eigenvalue weighted by atomic mass is 9.87. The van der Waals surface area contributed by atoms with Gasteiger partial charge in [-0.3, -0.25) is 0 Å². The Hall–Kier alpha value is -2.08. The maximum Gasteiger partial charge on any atom is 0.177 e. The van der Waals surface area contributed by atoms with Crippen molar-refractivity contribution in [2.45, 2.75) is 45.4 Å². The highest BCUT2D eigenvalue weighted by Gasteiger charge is 2.29. The average molecular weight is 322 g/mol. The van der Waals surface area contributed by atoms with Gasteiger partial charge in [-0.1, -0.05) is 66.6 Å². The van der Waals surface area contributed by atoms with Crippen LogP contribution in [-0.2, 0) is 5.60 Å². The smallest absolute Gasteiger partial charge is 0.177 e. The largest absolute Gasteiger partial charge is 0.369 e. The molecule has 2 heteroatoms. The van der Waals surface area contributed by atoms with Gasteiger partial charge in [-0.15, -0.1) is 0 Å². The predicted octanol–water partition coefficient (Wildman–Crippen LogP) is 2.63. The summed E-state index contributed by atoms with van der Waals surface area (Å²) in [6.45, 7) is 9.54. The fourth-order valence-electron chi connectivity index (χ4n) is 3.02. The Morgan fingerprint density at radius 3 is 1.62 bits per heavy atom. The lowest BCUT2D eigenvalue weighted by molar-refractivity contribution is -0.935. The van der Waals surface area contributed by atoms with Crippen LogP contribution in [0.3, 0.4) is 0 Å². The van der Waals surface area contributed by atoms with Gasteiger partial charge < -0.3 is 10.0 Å². The molecule has 0 aliphatic rings. The Balaban J connectivity index is 2.38. The fourth-order valence-corrected chi connectivity index (χ4v) is 3.02. The molecule has 0 unspecified atom stereocenters. The van der Waals surface area contributed by atoms with Gasteiger partial charge in [-0.05, 0) is 33.6 Å². The maximum absolute atomic E-state index is 11.4. The van der Waals surface area contributed by atoms with Crippen LogP contribution in [0, 0.1) is 11.8 Å². The minimum atomic E-state index is -1.28. The second kappa shape index (κ2) is 8.15. The lowest BCUT2D eigenvalue weighted by Gasteiger charge is -2.26. The zero-order valence-corrected chi connectivity index (χ0v) is 15.1. The fraction of sp³-hybridized carbons (Fsp3) is 0.364. The third-order valence-electron chi connectivity index (χ3n) is 4.43. The van der Waals surface area contributed by atoms with Crippen LogP contribution in [0.4, 0.5) is 0 Å². The predicted molar refractivity (Wildman–Crippen MR) is 99.8 cm³/mol. The molecular formula is C22H28NO+. The first-order valence-corrected chi connectivity index (χ1v) is 8.64. The summed E-state index contributed by atoms with van der Waals surface area (Å²) in [5.74, 6) is 6.40. The first kappa shape index (κ1) is 18.3. The quantitative estimate of drug-likeness (QED) is 0.813. The molecule has 126 valence electrons. The van der Waals surface area contributed by atoms with E-state index < -0.39 is 5.60 Å². The second-order valence-electron chi connectivity index (χ2n) is 6.81. The van der Waals surface area contributed by atoms with Crippen LogP contribution in [0.1, 0.15) is 38.8 Å². The van der Waals surface area contributed by atoms with Crippen LogP contribution in [0.15, 0.2) is 60.7 Å². The Morgan fingerprint density at radius 1 is 0.833 bits per heavy atom. The van der Waals surface area contributed by atoms with Crippen molar-refractivity contribution in [2.75, 3.05) is 6.54 Å². The number of benzene rings is 2. The molecule has 0 heterocycles. The van der Waals surface area contributed by atoms with Crippen molar-refractivity contribution in [3.8, 4) is 11.8 Å². The third kappa shape index (κ3) is 4.26. The molecule has 0 radical (unpaired) electrons. The molecule has 24 heavy (non-hydrogen) atoms. The molecule has 2 aromatic rings. The number of quaternary nitrogens is 1. The van der Waals surface area contributed by atoms with Gasteiger partial charge in [0.2, 0.25) is 0 Å². The van der Waals surface area contributed by atoms with E-state index in [4.69, 9.17) is 0 Å². The van der Waals surface area contributed by atoms with Crippen molar-refractivity contribution in [1.82, 2.24) is 0 Å². The van der Waals surface area contributed by atoms with E-state index in [1.165, 1.54) is 4.90 Å². The van der Waals surface area contributed by atoms with Crippen LogP contribution in [-0.4, -0.2) is 23.7 Å². The van der Waals surface area contributed by atoms with Gasteiger partial charge in [0.1, 0.15) is 6.54 Å². The van der Waals surface area contributed by atoms with Crippen molar-refractivity contribution in [1.29, 1.82) is 0 Å². The summed E-state index contributed by atoms with van der Waals surface area (Å²) in [6, 6.07) is 20.4. The average Bonchev–Trinajstić information content (AvgIpc) is 2.59. The van der Waals surface area contributed by atoms with Crippen molar-refractivity contribution < 1.29 is 10.0 Å². The van der Waals surface area contributed by atoms with Crippen molar-refractivity contribution in [3.63, 3.8) is 0 Å². The standard InChI is InChI=1S/C22H27NO/c1-18(2)23(19(3)4)17-11-16-22(24,20-12-7-5-8-13-20)21-14-9-6-10-15-21/h5-10,12-15,18-19,24H,17H2,1-4H3/p+1. The molecule has 0 saturated carbocycles. The van der Waals surface area contributed by atoms with Crippen LogP contribution in [0.2, 0.25) is 0 Å². The third-order valence-corrected chi connectivity index (χ3v) is 4.43. The Kier molecular flexibility index (Phi) is 6.20. The molecule has 0 amide bonds. The molecule has 0 spiro atoms. The highest BCUT2D eigenvalue weighted by molar-refractivity contribution is 5.44. The summed E-state index contributed by atoms with van der Waals surface area (Å²) in [7, 11) is 0. The molecule has 0 fully saturated rings. The van der Waals surface area contributed by atoms with Gasteiger partial charge in [0.15, 0.2) is 5.60 Å². The van der Waals surface area contributed by atoms with Gasteiger partial charge in [0.05, 0.1) is 12.1 Å². The van der Waals surface area contributed by atoms with Crippen LogP contribution < -0.4 is 4.90 Å². The summed E-state index contributed by atoms with van der Waals surface area (Å²) in [4.78, 5) is 1.42. The molecule has 0 bridgehead atoms. The van der Waals surface area contributed by atoms with E-state index in [-0.39, 0.29) is 0 Å². The van der Waals surface area contributed by atoms with Crippen LogP contribution >= 0.6 is 0 Å². The SMILES string of the molecule is CC(C)[NH+](CC#CC(O)(c1ccccc1)c1ccccc1)C(C)C. The molecule has 0 aliphatic carbocycles. The van der Waals surface area contributed by atoms with E-state index in [0.717, 1.165) is 17.7 Å². The number of hydrogen-bond acceptors (Lipinski definition) is 1. The van der Waals surface area contributed by atoms with Crippen LogP contribution in [0.25, 0.3) is 0 Å². The highest BCUT2D eigenvalue weighted by Crippen LogP contribution is 2.28. The second-order valence-corrected chi connectivity index (χ2v) is 6.81. The van der Waals surface area contributed by atoms with Gasteiger partial charge in [0.25, 0.3) is 0 Å². The van der Waals surface area contributed by atoms with E-state index in [2.05, 4.69) is 39.5 Å². The monoisotopic (exact) mass is 322 g/mol. The minimum Gasteiger partial charge on any atom is -0.369 e. The molecule has 2 rings (SSSR count).